The van der Waals surface area contributed by atoms with E-state index in [0.29, 0.717) is 0 Å². The molecule has 102 valence electrons. The number of carbonyl (C=O) groups is 2. The fraction of sp³-hybridized carbons (Fsp3) is 0.857. The van der Waals surface area contributed by atoms with Gasteiger partial charge >= 0.3 is 5.97 Å². The molecule has 3 atom stereocenters. The van der Waals surface area contributed by atoms with E-state index in [-0.39, 0.29) is 17.9 Å². The Balaban J connectivity index is 1.89. The quantitative estimate of drug-likeness (QED) is 0.761. The molecule has 0 saturated heterocycles. The van der Waals surface area contributed by atoms with Crippen molar-refractivity contribution < 1.29 is 14.7 Å². The first-order valence-electron chi connectivity index (χ1n) is 6.91. The van der Waals surface area contributed by atoms with E-state index in [1.165, 1.54) is 12.8 Å². The van der Waals surface area contributed by atoms with Gasteiger partial charge in [-0.3, -0.25) is 9.59 Å². The molecule has 2 fully saturated rings. The summed E-state index contributed by atoms with van der Waals surface area (Å²) in [5, 5.41) is 12.1. The van der Waals surface area contributed by atoms with Gasteiger partial charge in [0, 0.05) is 6.04 Å². The van der Waals surface area contributed by atoms with Crippen LogP contribution in [0.5, 0.6) is 0 Å². The van der Waals surface area contributed by atoms with Crippen LogP contribution in [-0.4, -0.2) is 23.0 Å². The topological polar surface area (TPSA) is 66.4 Å². The predicted molar refractivity (Wildman–Crippen MR) is 68.0 cm³/mol. The minimum absolute atomic E-state index is 0.0695. The molecule has 0 spiro atoms. The van der Waals surface area contributed by atoms with Crippen molar-refractivity contribution in [3.05, 3.63) is 0 Å². The van der Waals surface area contributed by atoms with Crippen LogP contribution in [0.15, 0.2) is 0 Å². The van der Waals surface area contributed by atoms with Crippen molar-refractivity contribution in [1.29, 1.82) is 0 Å². The summed E-state index contributed by atoms with van der Waals surface area (Å²) >= 11 is 0. The third-order valence-corrected chi connectivity index (χ3v) is 4.53. The molecule has 0 radical (unpaired) electrons. The van der Waals surface area contributed by atoms with E-state index < -0.39 is 17.3 Å². The predicted octanol–water partition coefficient (Wildman–Crippen LogP) is 2.04. The van der Waals surface area contributed by atoms with E-state index in [9.17, 15) is 9.59 Å². The molecule has 1 unspecified atom stereocenters. The van der Waals surface area contributed by atoms with Crippen molar-refractivity contribution >= 4 is 11.9 Å². The van der Waals surface area contributed by atoms with Crippen LogP contribution in [0.1, 0.15) is 46.5 Å². The van der Waals surface area contributed by atoms with Crippen LogP contribution in [0, 0.1) is 23.2 Å². The standard InChI is InChI=1S/C14H23NO3/c1-4-9(7-8-5-6-8)15-12(16)10-11(13(17)18)14(10,2)3/h8-11H,4-7H2,1-3H3,(H,15,16)(H,17,18)/t9?,10-,11+/m1/s1. The highest BCUT2D eigenvalue weighted by Crippen LogP contribution is 2.58. The maximum absolute atomic E-state index is 12.1. The highest BCUT2D eigenvalue weighted by molar-refractivity contribution is 5.91. The number of nitrogens with one attached hydrogen (secondary N) is 1. The summed E-state index contributed by atoms with van der Waals surface area (Å²) in [5.74, 6) is -1.02. The van der Waals surface area contributed by atoms with Gasteiger partial charge in [-0.1, -0.05) is 33.6 Å². The summed E-state index contributed by atoms with van der Waals surface area (Å²) in [4.78, 5) is 23.2. The average Bonchev–Trinajstić information content (AvgIpc) is 3.14. The fourth-order valence-electron chi connectivity index (χ4n) is 2.96. The first kappa shape index (κ1) is 13.4. The summed E-state index contributed by atoms with van der Waals surface area (Å²) in [5.41, 5.74) is -0.395. The zero-order valence-corrected chi connectivity index (χ0v) is 11.4. The highest BCUT2D eigenvalue weighted by Gasteiger charge is 2.65. The first-order valence-corrected chi connectivity index (χ1v) is 6.91. The smallest absolute Gasteiger partial charge is 0.307 e. The average molecular weight is 253 g/mol. The number of amides is 1. The third-order valence-electron chi connectivity index (χ3n) is 4.53. The van der Waals surface area contributed by atoms with E-state index in [1.807, 2.05) is 13.8 Å². The Morgan fingerprint density at radius 1 is 1.33 bits per heavy atom. The summed E-state index contributed by atoms with van der Waals surface area (Å²) < 4.78 is 0. The molecular weight excluding hydrogens is 230 g/mol. The monoisotopic (exact) mass is 253 g/mol. The van der Waals surface area contributed by atoms with Crippen molar-refractivity contribution in [2.75, 3.05) is 0 Å². The van der Waals surface area contributed by atoms with Crippen molar-refractivity contribution in [2.24, 2.45) is 23.2 Å². The van der Waals surface area contributed by atoms with E-state index in [4.69, 9.17) is 5.11 Å². The molecule has 1 amide bonds. The molecule has 0 aromatic heterocycles. The van der Waals surface area contributed by atoms with Crippen molar-refractivity contribution in [3.63, 3.8) is 0 Å². The summed E-state index contributed by atoms with van der Waals surface area (Å²) in [6, 6.07) is 0.218. The van der Waals surface area contributed by atoms with E-state index in [1.54, 1.807) is 0 Å². The van der Waals surface area contributed by atoms with Gasteiger partial charge in [0.2, 0.25) is 5.91 Å². The molecule has 4 heteroatoms. The zero-order valence-electron chi connectivity index (χ0n) is 11.4. The first-order chi connectivity index (χ1) is 8.37. The van der Waals surface area contributed by atoms with Crippen LogP contribution in [0.3, 0.4) is 0 Å². The van der Waals surface area contributed by atoms with Gasteiger partial charge in [0.05, 0.1) is 11.8 Å². The molecule has 0 heterocycles. The van der Waals surface area contributed by atoms with Gasteiger partial charge in [-0.2, -0.15) is 0 Å². The van der Waals surface area contributed by atoms with Crippen molar-refractivity contribution in [2.45, 2.75) is 52.5 Å². The van der Waals surface area contributed by atoms with Gasteiger partial charge in [0.25, 0.3) is 0 Å². The molecule has 2 rings (SSSR count). The van der Waals surface area contributed by atoms with Crippen LogP contribution >= 0.6 is 0 Å². The molecule has 2 aliphatic carbocycles. The lowest BCUT2D eigenvalue weighted by atomic mass is 10.1. The second-order valence-corrected chi connectivity index (χ2v) is 6.41. The highest BCUT2D eigenvalue weighted by atomic mass is 16.4. The Hall–Kier alpha value is -1.06. The minimum atomic E-state index is -0.851. The second kappa shape index (κ2) is 4.56. The normalized spacial score (nSPS) is 30.6. The number of hydrogen-bond donors (Lipinski definition) is 2. The lowest BCUT2D eigenvalue weighted by Crippen LogP contribution is -2.37. The summed E-state index contributed by atoms with van der Waals surface area (Å²) in [6.07, 6.45) is 4.53. The van der Waals surface area contributed by atoms with Gasteiger partial charge in [0.1, 0.15) is 0 Å². The van der Waals surface area contributed by atoms with Gasteiger partial charge < -0.3 is 10.4 Å². The van der Waals surface area contributed by atoms with Gasteiger partial charge in [-0.25, -0.2) is 0 Å². The Labute approximate surface area is 108 Å². The number of aliphatic carboxylic acids is 1. The Kier molecular flexibility index (Phi) is 3.39. The second-order valence-electron chi connectivity index (χ2n) is 6.41. The summed E-state index contributed by atoms with van der Waals surface area (Å²) in [6.45, 7) is 5.79. The van der Waals surface area contributed by atoms with Gasteiger partial charge in [-0.15, -0.1) is 0 Å². The molecule has 18 heavy (non-hydrogen) atoms. The minimum Gasteiger partial charge on any atom is -0.481 e. The van der Waals surface area contributed by atoms with E-state index >= 15 is 0 Å². The zero-order chi connectivity index (χ0) is 13.5. The van der Waals surface area contributed by atoms with Crippen LogP contribution in [0.2, 0.25) is 0 Å². The Morgan fingerprint density at radius 2 is 1.94 bits per heavy atom. The summed E-state index contributed by atoms with van der Waals surface area (Å²) in [7, 11) is 0. The molecule has 2 aliphatic rings. The van der Waals surface area contributed by atoms with Gasteiger partial charge in [0.15, 0.2) is 0 Å². The molecule has 0 aromatic carbocycles. The third kappa shape index (κ3) is 2.52. The number of rotatable bonds is 6. The number of carboxylic acids is 1. The largest absolute Gasteiger partial charge is 0.481 e. The number of hydrogen-bond acceptors (Lipinski definition) is 2. The Morgan fingerprint density at radius 3 is 2.33 bits per heavy atom. The van der Waals surface area contributed by atoms with Crippen molar-refractivity contribution in [1.82, 2.24) is 5.32 Å². The lowest BCUT2D eigenvalue weighted by Gasteiger charge is -2.17. The van der Waals surface area contributed by atoms with Gasteiger partial charge in [-0.05, 0) is 24.2 Å². The lowest BCUT2D eigenvalue weighted by molar-refractivity contribution is -0.140. The Bertz CT molecular complexity index is 360. The SMILES string of the molecule is CCC(CC1CC1)NC(=O)[C@H]1[C@@H](C(=O)O)C1(C)C. The molecule has 2 N–H and O–H groups in total. The fourth-order valence-corrected chi connectivity index (χ4v) is 2.96. The molecule has 4 nitrogen and oxygen atoms in total. The number of carbonyl (C=O) groups excluding carboxylic acids is 1. The van der Waals surface area contributed by atoms with Crippen LogP contribution in [0.4, 0.5) is 0 Å². The number of carboxylic acid groups (broad SMARTS) is 1. The maximum Gasteiger partial charge on any atom is 0.307 e. The van der Waals surface area contributed by atoms with E-state index in [2.05, 4.69) is 12.2 Å². The van der Waals surface area contributed by atoms with Crippen molar-refractivity contribution in [3.8, 4) is 0 Å². The molecule has 0 aliphatic heterocycles. The molecule has 0 bridgehead atoms. The van der Waals surface area contributed by atoms with Crippen LogP contribution in [-0.2, 0) is 9.59 Å². The van der Waals surface area contributed by atoms with E-state index in [0.717, 1.165) is 18.8 Å². The van der Waals surface area contributed by atoms with Crippen LogP contribution in [0.25, 0.3) is 0 Å². The molecule has 0 aromatic rings. The molecule has 2 saturated carbocycles. The van der Waals surface area contributed by atoms with Crippen LogP contribution < -0.4 is 5.32 Å². The molecular formula is C14H23NO3. The maximum atomic E-state index is 12.1.